The van der Waals surface area contributed by atoms with Gasteiger partial charge in [0.15, 0.2) is 5.78 Å². The van der Waals surface area contributed by atoms with E-state index in [0.717, 1.165) is 31.7 Å². The molecule has 3 heteroatoms. The van der Waals surface area contributed by atoms with E-state index in [1.807, 2.05) is 30.3 Å². The number of nitrogens with zero attached hydrogens (tertiary/aromatic N) is 1. The van der Waals surface area contributed by atoms with E-state index < -0.39 is 0 Å². The second-order valence-electron chi connectivity index (χ2n) is 6.83. The van der Waals surface area contributed by atoms with Crippen molar-refractivity contribution in [3.05, 3.63) is 35.9 Å². The molecule has 1 aliphatic rings. The van der Waals surface area contributed by atoms with E-state index in [1.54, 1.807) is 0 Å². The number of hydrogen-bond donors (Lipinski definition) is 0. The first-order valence-electron chi connectivity index (χ1n) is 9.75. The Hall–Kier alpha value is -1.19. The molecule has 1 aromatic rings. The third kappa shape index (κ3) is 6.74. The van der Waals surface area contributed by atoms with Crippen LogP contribution in [0.3, 0.4) is 0 Å². The quantitative estimate of drug-likeness (QED) is 0.419. The van der Waals surface area contributed by atoms with Gasteiger partial charge in [0.25, 0.3) is 0 Å². The van der Waals surface area contributed by atoms with Crippen LogP contribution in [0.25, 0.3) is 0 Å². The fourth-order valence-corrected chi connectivity index (χ4v) is 3.33. The summed E-state index contributed by atoms with van der Waals surface area (Å²) in [7, 11) is 0. The lowest BCUT2D eigenvalue weighted by Gasteiger charge is -2.34. The van der Waals surface area contributed by atoms with Crippen molar-refractivity contribution in [2.45, 2.75) is 70.9 Å². The molecule has 2 rings (SSSR count). The molecular weight excluding hydrogens is 298 g/mol. The molecule has 1 atom stereocenters. The van der Waals surface area contributed by atoms with Crippen molar-refractivity contribution in [1.29, 1.82) is 0 Å². The maximum atomic E-state index is 12.6. The lowest BCUT2D eigenvalue weighted by molar-refractivity contribution is -0.0671. The Morgan fingerprint density at radius 2 is 1.75 bits per heavy atom. The molecule has 1 saturated heterocycles. The molecule has 1 heterocycles. The summed E-state index contributed by atoms with van der Waals surface area (Å²) in [5.74, 6) is 0.192. The molecule has 1 fully saturated rings. The van der Waals surface area contributed by atoms with Gasteiger partial charge < -0.3 is 4.74 Å². The van der Waals surface area contributed by atoms with Crippen molar-refractivity contribution < 1.29 is 9.53 Å². The Balaban J connectivity index is 1.84. The number of likely N-dealkylation sites (tertiary alicyclic amines) is 1. The molecule has 1 unspecified atom stereocenters. The number of ether oxygens (including phenoxy) is 1. The van der Waals surface area contributed by atoms with Crippen molar-refractivity contribution in [2.75, 3.05) is 19.7 Å². The van der Waals surface area contributed by atoms with Gasteiger partial charge in [-0.15, -0.1) is 0 Å². The molecule has 3 nitrogen and oxygen atoms in total. The smallest absolute Gasteiger partial charge is 0.166 e. The Morgan fingerprint density at radius 3 is 2.46 bits per heavy atom. The molecule has 0 aromatic heterocycles. The first-order chi connectivity index (χ1) is 11.8. The number of benzene rings is 1. The van der Waals surface area contributed by atoms with E-state index in [1.165, 1.54) is 44.9 Å². The summed E-state index contributed by atoms with van der Waals surface area (Å²) in [6, 6.07) is 9.61. The summed E-state index contributed by atoms with van der Waals surface area (Å²) in [6.45, 7) is 5.12. The number of piperidine rings is 1. The van der Waals surface area contributed by atoms with Crippen LogP contribution < -0.4 is 0 Å². The molecule has 1 aromatic carbocycles. The Kier molecular flexibility index (Phi) is 9.07. The van der Waals surface area contributed by atoms with Crippen molar-refractivity contribution in [2.24, 2.45) is 0 Å². The predicted molar refractivity (Wildman–Crippen MR) is 99.3 cm³/mol. The highest BCUT2D eigenvalue weighted by molar-refractivity contribution is 5.96. The third-order valence-electron chi connectivity index (χ3n) is 4.81. The minimum Gasteiger partial charge on any atom is -0.363 e. The van der Waals surface area contributed by atoms with Crippen LogP contribution in [0.4, 0.5) is 0 Å². The number of ketones is 1. The molecule has 0 saturated carbocycles. The largest absolute Gasteiger partial charge is 0.363 e. The molecule has 0 aliphatic carbocycles. The van der Waals surface area contributed by atoms with Crippen molar-refractivity contribution in [3.8, 4) is 0 Å². The van der Waals surface area contributed by atoms with Gasteiger partial charge in [0, 0.05) is 25.3 Å². The first kappa shape index (κ1) is 19.1. The van der Waals surface area contributed by atoms with Gasteiger partial charge in [0.2, 0.25) is 0 Å². The molecule has 0 N–H and O–H groups in total. The zero-order valence-electron chi connectivity index (χ0n) is 15.2. The third-order valence-corrected chi connectivity index (χ3v) is 4.81. The maximum absolute atomic E-state index is 12.6. The Labute approximate surface area is 147 Å². The van der Waals surface area contributed by atoms with Crippen LogP contribution in [0.5, 0.6) is 0 Å². The zero-order valence-corrected chi connectivity index (χ0v) is 15.2. The summed E-state index contributed by atoms with van der Waals surface area (Å²) in [4.78, 5) is 14.9. The number of hydrogen-bond acceptors (Lipinski definition) is 3. The topological polar surface area (TPSA) is 29.5 Å². The van der Waals surface area contributed by atoms with Gasteiger partial charge in [0.05, 0.1) is 6.42 Å². The van der Waals surface area contributed by atoms with E-state index in [4.69, 9.17) is 4.74 Å². The van der Waals surface area contributed by atoms with Crippen molar-refractivity contribution >= 4 is 5.78 Å². The SMILES string of the molecule is CCCCCCCOC(CC(=O)c1ccccc1)N1CCCCC1. The summed E-state index contributed by atoms with van der Waals surface area (Å²) in [6.07, 6.45) is 10.3. The van der Waals surface area contributed by atoms with Crippen LogP contribution >= 0.6 is 0 Å². The molecule has 0 bridgehead atoms. The summed E-state index contributed by atoms with van der Waals surface area (Å²) in [5.41, 5.74) is 0.797. The summed E-state index contributed by atoms with van der Waals surface area (Å²) in [5, 5.41) is 0. The minimum atomic E-state index is -0.0517. The average molecular weight is 332 g/mol. The van der Waals surface area contributed by atoms with Crippen molar-refractivity contribution in [1.82, 2.24) is 4.90 Å². The van der Waals surface area contributed by atoms with Gasteiger partial charge in [-0.25, -0.2) is 0 Å². The highest BCUT2D eigenvalue weighted by Gasteiger charge is 2.24. The molecular formula is C21H33NO2. The Bertz CT molecular complexity index is 454. The van der Waals surface area contributed by atoms with Gasteiger partial charge >= 0.3 is 0 Å². The average Bonchev–Trinajstić information content (AvgIpc) is 2.65. The second-order valence-corrected chi connectivity index (χ2v) is 6.83. The number of carbonyl (C=O) groups excluding carboxylic acids is 1. The van der Waals surface area contributed by atoms with Crippen LogP contribution in [-0.2, 0) is 4.74 Å². The molecule has 0 amide bonds. The van der Waals surface area contributed by atoms with Gasteiger partial charge in [-0.3, -0.25) is 9.69 Å². The molecule has 24 heavy (non-hydrogen) atoms. The van der Waals surface area contributed by atoms with E-state index in [0.29, 0.717) is 6.42 Å². The maximum Gasteiger partial charge on any atom is 0.166 e. The van der Waals surface area contributed by atoms with Crippen molar-refractivity contribution in [3.63, 3.8) is 0 Å². The van der Waals surface area contributed by atoms with Gasteiger partial charge in [-0.05, 0) is 19.3 Å². The van der Waals surface area contributed by atoms with Crippen LogP contribution in [0.15, 0.2) is 30.3 Å². The van der Waals surface area contributed by atoms with Crippen LogP contribution in [0.2, 0.25) is 0 Å². The predicted octanol–water partition coefficient (Wildman–Crippen LogP) is 5.06. The summed E-state index contributed by atoms with van der Waals surface area (Å²) < 4.78 is 6.16. The standard InChI is InChI=1S/C21H33NO2/c1-2-3-4-5-12-17-24-21(22-15-10-7-11-16-22)18-20(23)19-13-8-6-9-14-19/h6,8-9,13-14,21H,2-5,7,10-12,15-18H2,1H3. The van der Waals surface area contributed by atoms with E-state index >= 15 is 0 Å². The number of Topliss-reactive ketones (excluding diaryl/α,β-unsaturated/α-hetero) is 1. The highest BCUT2D eigenvalue weighted by atomic mass is 16.5. The van der Waals surface area contributed by atoms with E-state index in [2.05, 4.69) is 11.8 Å². The molecule has 134 valence electrons. The lowest BCUT2D eigenvalue weighted by Crippen LogP contribution is -2.42. The first-order valence-corrected chi connectivity index (χ1v) is 9.75. The zero-order chi connectivity index (χ0) is 17.0. The lowest BCUT2D eigenvalue weighted by atomic mass is 10.1. The van der Waals surface area contributed by atoms with Crippen LogP contribution in [-0.4, -0.2) is 36.6 Å². The Morgan fingerprint density at radius 1 is 1.04 bits per heavy atom. The number of carbonyl (C=O) groups is 1. The molecule has 0 radical (unpaired) electrons. The number of unbranched alkanes of at least 4 members (excludes halogenated alkanes) is 4. The van der Waals surface area contributed by atoms with Gasteiger partial charge in [-0.1, -0.05) is 69.4 Å². The van der Waals surface area contributed by atoms with Crippen LogP contribution in [0, 0.1) is 0 Å². The fourth-order valence-electron chi connectivity index (χ4n) is 3.33. The normalized spacial score (nSPS) is 16.9. The van der Waals surface area contributed by atoms with Crippen LogP contribution in [0.1, 0.15) is 75.1 Å². The van der Waals surface area contributed by atoms with E-state index in [9.17, 15) is 4.79 Å². The van der Waals surface area contributed by atoms with Gasteiger partial charge in [0.1, 0.15) is 6.23 Å². The molecule has 0 spiro atoms. The summed E-state index contributed by atoms with van der Waals surface area (Å²) >= 11 is 0. The fraction of sp³-hybridized carbons (Fsp3) is 0.667. The minimum absolute atomic E-state index is 0.0517. The molecule has 1 aliphatic heterocycles. The monoisotopic (exact) mass is 331 g/mol. The van der Waals surface area contributed by atoms with Gasteiger partial charge in [-0.2, -0.15) is 0 Å². The second kappa shape index (κ2) is 11.4. The highest BCUT2D eigenvalue weighted by Crippen LogP contribution is 2.18. The van der Waals surface area contributed by atoms with E-state index in [-0.39, 0.29) is 12.0 Å². The number of rotatable bonds is 11.